The number of rotatable bonds is 11. The molecule has 6 heterocycles. The van der Waals surface area contributed by atoms with Crippen LogP contribution in [0, 0.1) is 17.8 Å². The minimum absolute atomic E-state index is 0.0108. The maximum absolute atomic E-state index is 13.8. The van der Waals surface area contributed by atoms with Gasteiger partial charge in [0.1, 0.15) is 35.5 Å². The number of H-pyrrole nitrogens is 2. The molecular weight excluding hydrogens is 839 g/mol. The van der Waals surface area contributed by atoms with E-state index in [1.54, 1.807) is 11.1 Å². The monoisotopic (exact) mass is 897 g/mol. The van der Waals surface area contributed by atoms with Crippen LogP contribution in [0.2, 0.25) is 0 Å². The van der Waals surface area contributed by atoms with Crippen LogP contribution in [0.25, 0.3) is 22.5 Å². The molecule has 2 aliphatic carbocycles. The molecule has 6 aliphatic rings. The van der Waals surface area contributed by atoms with Gasteiger partial charge < -0.3 is 49.5 Å². The number of carbonyl (C=O) groups is 4. The van der Waals surface area contributed by atoms with Crippen LogP contribution < -0.4 is 15.4 Å². The Morgan fingerprint density at radius 2 is 1.56 bits per heavy atom. The van der Waals surface area contributed by atoms with Gasteiger partial charge in [-0.05, 0) is 62.1 Å². The summed E-state index contributed by atoms with van der Waals surface area (Å²) in [5.41, 5.74) is 6.28. The highest BCUT2D eigenvalue weighted by Gasteiger charge is 2.51. The topological polar surface area (TPSA) is 187 Å². The first-order valence-corrected chi connectivity index (χ1v) is 23.0. The molecule has 0 radical (unpaired) electrons. The summed E-state index contributed by atoms with van der Waals surface area (Å²) in [6.45, 7) is 10.8. The van der Waals surface area contributed by atoms with Crippen molar-refractivity contribution in [2.45, 2.75) is 96.2 Å². The van der Waals surface area contributed by atoms with Gasteiger partial charge in [0.15, 0.2) is 6.23 Å². The largest absolute Gasteiger partial charge is 0.466 e. The van der Waals surface area contributed by atoms with Crippen molar-refractivity contribution in [1.29, 1.82) is 0 Å². The van der Waals surface area contributed by atoms with Crippen molar-refractivity contribution in [1.82, 2.24) is 45.3 Å². The van der Waals surface area contributed by atoms with Crippen LogP contribution in [0.3, 0.4) is 0 Å². The molecule has 16 nitrogen and oxygen atoms in total. The van der Waals surface area contributed by atoms with Crippen LogP contribution in [-0.2, 0) is 19.1 Å². The molecule has 66 heavy (non-hydrogen) atoms. The van der Waals surface area contributed by atoms with Crippen molar-refractivity contribution >= 4 is 35.3 Å². The second kappa shape index (κ2) is 17.9. The number of ether oxygens (including phenoxy) is 3. The Morgan fingerprint density at radius 1 is 0.864 bits per heavy atom. The number of aromatic nitrogens is 4. The lowest BCUT2D eigenvalue weighted by atomic mass is 9.80. The third kappa shape index (κ3) is 8.00. The first-order chi connectivity index (χ1) is 31.8. The van der Waals surface area contributed by atoms with E-state index in [1.165, 1.54) is 14.2 Å². The molecule has 2 aromatic heterocycles. The molecule has 4 N–H and O–H groups in total. The Kier molecular flexibility index (Phi) is 12.0. The summed E-state index contributed by atoms with van der Waals surface area (Å²) in [5.74, 6) is 1.44. The third-order valence-electron chi connectivity index (χ3n) is 13.8. The van der Waals surface area contributed by atoms with Gasteiger partial charge in [0.25, 0.3) is 0 Å². The second-order valence-electron chi connectivity index (χ2n) is 18.6. The van der Waals surface area contributed by atoms with Gasteiger partial charge in [0.2, 0.25) is 11.8 Å². The molecule has 16 heteroatoms. The van der Waals surface area contributed by atoms with E-state index in [0.717, 1.165) is 76.6 Å². The number of likely N-dealkylation sites (tertiary alicyclic amines) is 1. The molecular formula is C50H59N9O7. The molecule has 9 rings (SSSR count). The summed E-state index contributed by atoms with van der Waals surface area (Å²) in [6, 6.07) is 4.10. The highest BCUT2D eigenvalue weighted by Crippen LogP contribution is 2.53. The Labute approximate surface area is 384 Å². The first kappa shape index (κ1) is 44.4. The van der Waals surface area contributed by atoms with Crippen molar-refractivity contribution in [2.75, 3.05) is 27.3 Å². The summed E-state index contributed by atoms with van der Waals surface area (Å²) < 4.78 is 16.7. The number of methoxy groups -OCH3 is 2. The van der Waals surface area contributed by atoms with Crippen LogP contribution in [0.1, 0.15) is 95.3 Å². The zero-order chi connectivity index (χ0) is 46.4. The number of nitrogens with one attached hydrogen (secondary N) is 4. The van der Waals surface area contributed by atoms with E-state index >= 15 is 0 Å². The number of carbonyl (C=O) groups excluding carboxylic acids is 4. The van der Waals surface area contributed by atoms with Gasteiger partial charge in [-0.15, -0.1) is 0 Å². The van der Waals surface area contributed by atoms with Crippen LogP contribution in [0.4, 0.5) is 9.59 Å². The van der Waals surface area contributed by atoms with Crippen molar-refractivity contribution in [2.24, 2.45) is 17.8 Å². The fourth-order valence-electron chi connectivity index (χ4n) is 10.1. The Balaban J connectivity index is 0.984. The number of imidazole rings is 2. The highest BCUT2D eigenvalue weighted by atomic mass is 16.5. The highest BCUT2D eigenvalue weighted by molar-refractivity contribution is 5.88. The van der Waals surface area contributed by atoms with Crippen molar-refractivity contribution in [3.63, 3.8) is 0 Å². The van der Waals surface area contributed by atoms with E-state index < -0.39 is 35.9 Å². The first-order valence-electron chi connectivity index (χ1n) is 23.0. The number of allylic oxidation sites excluding steroid dienone is 4. The van der Waals surface area contributed by atoms with E-state index in [1.807, 2.05) is 50.9 Å². The molecule has 4 amide bonds. The van der Waals surface area contributed by atoms with Crippen molar-refractivity contribution in [3.05, 3.63) is 114 Å². The summed E-state index contributed by atoms with van der Waals surface area (Å²) >= 11 is 0. The fraction of sp³-hybridized carbons (Fsp3) is 0.440. The standard InChI is InChI=1S/C50H59N9O7/c1-28(2)41(55-48(62)64-6)45(60)57-21-11-15-37(57)43-51-26-35(53-43)31-17-18-34-39-25-33-23-32(19-20-50(33,5)59(39)47(66-40(34)24-31)30-13-9-8-10-14-30)36-27-52-44(54-36)38-16-12-22-58(38)46(61)42(29(3)4)56-49(63)65-7/h9,11,13-15,17-20,23-29,33,37-38,41-42,47H,8,10,12,16,21-22H2,1-7H3,(H,51,53)(H,52,54)(H,55,62)(H,56,63)/t33?,37-,38?,41-,42-,47?,50?/m0/s1. The van der Waals surface area contributed by atoms with Gasteiger partial charge in [0, 0.05) is 41.4 Å². The minimum Gasteiger partial charge on any atom is -0.466 e. The van der Waals surface area contributed by atoms with Crippen molar-refractivity contribution < 1.29 is 33.4 Å². The number of fused-ring (bicyclic) bond motifs is 5. The van der Waals surface area contributed by atoms with Crippen LogP contribution in [-0.4, -0.2) is 110 Å². The molecule has 1 aromatic carbocycles. The van der Waals surface area contributed by atoms with E-state index in [2.05, 4.69) is 93.2 Å². The van der Waals surface area contributed by atoms with E-state index in [-0.39, 0.29) is 41.8 Å². The molecule has 0 saturated carbocycles. The van der Waals surface area contributed by atoms with Crippen LogP contribution in [0.15, 0.2) is 90.9 Å². The lowest BCUT2D eigenvalue weighted by molar-refractivity contribution is -0.136. The number of hydrogen-bond acceptors (Lipinski definition) is 10. The molecule has 346 valence electrons. The van der Waals surface area contributed by atoms with Gasteiger partial charge in [-0.25, -0.2) is 19.6 Å². The maximum atomic E-state index is 13.8. The lowest BCUT2D eigenvalue weighted by Crippen LogP contribution is -2.54. The molecule has 0 bridgehead atoms. The zero-order valence-electron chi connectivity index (χ0n) is 38.5. The Morgan fingerprint density at radius 3 is 2.26 bits per heavy atom. The smallest absolute Gasteiger partial charge is 0.407 e. The summed E-state index contributed by atoms with van der Waals surface area (Å²) in [4.78, 5) is 74.4. The average Bonchev–Trinajstić information content (AvgIpc) is 4.18. The zero-order valence-corrected chi connectivity index (χ0v) is 38.5. The van der Waals surface area contributed by atoms with Gasteiger partial charge >= 0.3 is 12.2 Å². The van der Waals surface area contributed by atoms with Crippen molar-refractivity contribution in [3.8, 4) is 17.0 Å². The lowest BCUT2D eigenvalue weighted by Gasteiger charge is -2.48. The molecule has 4 aliphatic heterocycles. The molecule has 0 spiro atoms. The predicted octanol–water partition coefficient (Wildman–Crippen LogP) is 7.34. The van der Waals surface area contributed by atoms with Gasteiger partial charge in [-0.3, -0.25) is 9.59 Å². The number of hydrogen-bond donors (Lipinski definition) is 4. The summed E-state index contributed by atoms with van der Waals surface area (Å²) in [7, 11) is 2.58. The Hall–Kier alpha value is -6.84. The fourth-order valence-corrected chi connectivity index (χ4v) is 10.1. The third-order valence-corrected chi connectivity index (χ3v) is 13.8. The summed E-state index contributed by atoms with van der Waals surface area (Å²) in [6.07, 6.45) is 25.1. The number of aromatic amines is 2. The quantitative estimate of drug-likeness (QED) is 0.142. The maximum Gasteiger partial charge on any atom is 0.407 e. The van der Waals surface area contributed by atoms with E-state index in [0.29, 0.717) is 18.9 Å². The number of benzene rings is 1. The molecule has 4 unspecified atom stereocenters. The normalized spacial score (nSPS) is 24.8. The molecule has 1 saturated heterocycles. The molecule has 1 fully saturated rings. The van der Waals surface area contributed by atoms with Gasteiger partial charge in [0.05, 0.1) is 49.6 Å². The average molecular weight is 898 g/mol. The van der Waals surface area contributed by atoms with Gasteiger partial charge in [-0.1, -0.05) is 88.4 Å². The SMILES string of the molecule is COC(=O)N[C@H](C(=O)N1CCCC1c1ncc(C2=CC3C=C4c5ccc(-c6cnc([C@@H]7C=CCN7C(=O)[C@@H](NC(=O)OC)C(C)C)[nH]6)cc5OC(C5=CCCC=C5)N4C3(C)C=C2)[nH]1)C(C)C. The predicted molar refractivity (Wildman–Crippen MR) is 248 cm³/mol. The van der Waals surface area contributed by atoms with E-state index in [4.69, 9.17) is 24.2 Å². The van der Waals surface area contributed by atoms with Crippen LogP contribution >= 0.6 is 0 Å². The number of alkyl carbamates (subject to hydrolysis) is 2. The minimum atomic E-state index is -0.755. The van der Waals surface area contributed by atoms with Crippen LogP contribution in [0.5, 0.6) is 5.75 Å². The molecule has 3 aromatic rings. The van der Waals surface area contributed by atoms with E-state index in [9.17, 15) is 19.2 Å². The second-order valence-corrected chi connectivity index (χ2v) is 18.6. The van der Waals surface area contributed by atoms with Gasteiger partial charge in [-0.2, -0.15) is 0 Å². The molecule has 7 atom stereocenters. The Bertz CT molecular complexity index is 2600. The summed E-state index contributed by atoms with van der Waals surface area (Å²) in [5, 5.41) is 5.43. The number of amides is 4. The number of nitrogens with zero attached hydrogens (tertiary/aromatic N) is 5.